The molecule has 6 heteroatoms. The third-order valence-corrected chi connectivity index (χ3v) is 3.17. The number of rotatable bonds is 4. The Labute approximate surface area is 116 Å². The fraction of sp³-hybridized carbons (Fsp3) is 0.357. The average molecular weight is 276 g/mol. The Kier molecular flexibility index (Phi) is 4.02. The molecule has 1 aliphatic rings. The van der Waals surface area contributed by atoms with Gasteiger partial charge in [-0.25, -0.2) is 9.69 Å². The van der Waals surface area contributed by atoms with Crippen molar-refractivity contribution in [3.63, 3.8) is 0 Å². The molecule has 0 saturated carbocycles. The fourth-order valence-corrected chi connectivity index (χ4v) is 2.20. The summed E-state index contributed by atoms with van der Waals surface area (Å²) in [6, 6.07) is 5.96. The van der Waals surface area contributed by atoms with Gasteiger partial charge in [-0.1, -0.05) is 25.5 Å². The minimum Gasteiger partial charge on any atom is -0.495 e. The Balaban J connectivity index is 2.41. The molecule has 1 aromatic rings. The number of ether oxygens (including phenoxy) is 1. The number of urea groups is 1. The van der Waals surface area contributed by atoms with Gasteiger partial charge in [0.15, 0.2) is 0 Å². The summed E-state index contributed by atoms with van der Waals surface area (Å²) < 4.78 is 5.16. The summed E-state index contributed by atoms with van der Waals surface area (Å²) in [5.74, 6) is -1.47. The third-order valence-electron chi connectivity index (χ3n) is 3.17. The number of methoxy groups -OCH3 is 1. The summed E-state index contributed by atoms with van der Waals surface area (Å²) in [6.07, 6.45) is 1.08. The number of imide groups is 2. The van der Waals surface area contributed by atoms with Crippen molar-refractivity contribution in [2.75, 3.05) is 12.0 Å². The third kappa shape index (κ3) is 2.36. The van der Waals surface area contributed by atoms with Crippen LogP contribution in [0.3, 0.4) is 0 Å². The Morgan fingerprint density at radius 1 is 1.25 bits per heavy atom. The van der Waals surface area contributed by atoms with E-state index < -0.39 is 23.8 Å². The molecular formula is C14H16N2O4. The number of amides is 4. The highest BCUT2D eigenvalue weighted by Crippen LogP contribution is 2.31. The van der Waals surface area contributed by atoms with Crippen molar-refractivity contribution < 1.29 is 19.1 Å². The minimum absolute atomic E-state index is 0.339. The Hall–Kier alpha value is -2.37. The zero-order valence-corrected chi connectivity index (χ0v) is 11.4. The molecule has 0 aliphatic carbocycles. The molecule has 2 rings (SSSR count). The standard InChI is InChI=1S/C14H16N2O4/c1-3-6-9-12(17)15-14(19)16(13(9)18)10-7-4-5-8-11(10)20-2/h4-5,7-9H,3,6H2,1-2H3,(H,15,17,19). The number of hydrogen-bond acceptors (Lipinski definition) is 4. The normalized spacial score (nSPS) is 19.0. The number of anilines is 1. The van der Waals surface area contributed by atoms with Gasteiger partial charge in [0.2, 0.25) is 11.8 Å². The van der Waals surface area contributed by atoms with Crippen LogP contribution in [-0.4, -0.2) is 25.0 Å². The topological polar surface area (TPSA) is 75.7 Å². The maximum atomic E-state index is 12.4. The van der Waals surface area contributed by atoms with Gasteiger partial charge in [-0.05, 0) is 18.6 Å². The number of benzene rings is 1. The Bertz CT molecular complexity index is 556. The molecule has 1 saturated heterocycles. The molecule has 106 valence electrons. The van der Waals surface area contributed by atoms with Gasteiger partial charge in [0, 0.05) is 0 Å². The van der Waals surface area contributed by atoms with E-state index >= 15 is 0 Å². The van der Waals surface area contributed by atoms with E-state index in [0.29, 0.717) is 24.3 Å². The lowest BCUT2D eigenvalue weighted by Gasteiger charge is -2.30. The quantitative estimate of drug-likeness (QED) is 0.849. The number of carbonyl (C=O) groups is 3. The van der Waals surface area contributed by atoms with Crippen molar-refractivity contribution in [1.29, 1.82) is 0 Å². The molecule has 0 radical (unpaired) electrons. The predicted octanol–water partition coefficient (Wildman–Crippen LogP) is 1.69. The van der Waals surface area contributed by atoms with Gasteiger partial charge in [0.05, 0.1) is 12.8 Å². The molecular weight excluding hydrogens is 260 g/mol. The summed E-state index contributed by atoms with van der Waals surface area (Å²) in [7, 11) is 1.46. The molecule has 0 bridgehead atoms. The van der Waals surface area contributed by atoms with E-state index in [-0.39, 0.29) is 0 Å². The average Bonchev–Trinajstić information content (AvgIpc) is 2.44. The fourth-order valence-electron chi connectivity index (χ4n) is 2.20. The van der Waals surface area contributed by atoms with Gasteiger partial charge in [-0.2, -0.15) is 0 Å². The summed E-state index contributed by atoms with van der Waals surface area (Å²) in [6.45, 7) is 1.88. The van der Waals surface area contributed by atoms with Gasteiger partial charge in [-0.15, -0.1) is 0 Å². The van der Waals surface area contributed by atoms with Crippen LogP contribution in [0.2, 0.25) is 0 Å². The maximum absolute atomic E-state index is 12.4. The second kappa shape index (κ2) is 5.73. The van der Waals surface area contributed by atoms with Crippen molar-refractivity contribution in [2.45, 2.75) is 19.8 Å². The van der Waals surface area contributed by atoms with E-state index in [9.17, 15) is 14.4 Å². The molecule has 6 nitrogen and oxygen atoms in total. The number of para-hydroxylation sites is 2. The Morgan fingerprint density at radius 2 is 1.95 bits per heavy atom. The van der Waals surface area contributed by atoms with Crippen molar-refractivity contribution in [1.82, 2.24) is 5.32 Å². The smallest absolute Gasteiger partial charge is 0.335 e. The van der Waals surface area contributed by atoms with Gasteiger partial charge >= 0.3 is 6.03 Å². The van der Waals surface area contributed by atoms with Crippen molar-refractivity contribution in [3.05, 3.63) is 24.3 Å². The highest BCUT2D eigenvalue weighted by molar-refractivity contribution is 6.28. The lowest BCUT2D eigenvalue weighted by atomic mass is 9.99. The first-order valence-corrected chi connectivity index (χ1v) is 6.42. The van der Waals surface area contributed by atoms with Crippen molar-refractivity contribution >= 4 is 23.5 Å². The van der Waals surface area contributed by atoms with Crippen molar-refractivity contribution in [2.24, 2.45) is 5.92 Å². The molecule has 0 spiro atoms. The lowest BCUT2D eigenvalue weighted by molar-refractivity contribution is -0.134. The zero-order valence-electron chi connectivity index (χ0n) is 11.4. The van der Waals surface area contributed by atoms with Gasteiger partial charge in [-0.3, -0.25) is 14.9 Å². The van der Waals surface area contributed by atoms with Crippen LogP contribution in [0.1, 0.15) is 19.8 Å². The van der Waals surface area contributed by atoms with Crippen LogP contribution < -0.4 is 15.0 Å². The first-order chi connectivity index (χ1) is 9.60. The van der Waals surface area contributed by atoms with Crippen LogP contribution in [0.15, 0.2) is 24.3 Å². The minimum atomic E-state index is -0.831. The van der Waals surface area contributed by atoms with E-state index in [1.54, 1.807) is 24.3 Å². The van der Waals surface area contributed by atoms with E-state index in [0.717, 1.165) is 4.90 Å². The molecule has 1 heterocycles. The van der Waals surface area contributed by atoms with Gasteiger partial charge in [0.25, 0.3) is 0 Å². The first-order valence-electron chi connectivity index (χ1n) is 6.42. The first kappa shape index (κ1) is 14.0. The highest BCUT2D eigenvalue weighted by Gasteiger charge is 2.41. The number of nitrogens with one attached hydrogen (secondary N) is 1. The number of nitrogens with zero attached hydrogens (tertiary/aromatic N) is 1. The molecule has 1 unspecified atom stereocenters. The summed E-state index contributed by atoms with van der Waals surface area (Å²) in [4.78, 5) is 37.0. The zero-order chi connectivity index (χ0) is 14.7. The molecule has 1 aromatic carbocycles. The SMILES string of the molecule is CCCC1C(=O)NC(=O)N(c2ccccc2OC)C1=O. The number of barbiturate groups is 1. The van der Waals surface area contributed by atoms with Crippen LogP contribution in [0, 0.1) is 5.92 Å². The molecule has 1 atom stereocenters. The largest absolute Gasteiger partial charge is 0.495 e. The van der Waals surface area contributed by atoms with Gasteiger partial charge < -0.3 is 4.74 Å². The van der Waals surface area contributed by atoms with E-state index in [2.05, 4.69) is 5.32 Å². The number of carbonyl (C=O) groups excluding carboxylic acids is 3. The Morgan fingerprint density at radius 3 is 2.60 bits per heavy atom. The predicted molar refractivity (Wildman–Crippen MR) is 72.4 cm³/mol. The molecule has 1 fully saturated rings. The molecule has 20 heavy (non-hydrogen) atoms. The molecule has 1 aliphatic heterocycles. The maximum Gasteiger partial charge on any atom is 0.335 e. The van der Waals surface area contributed by atoms with Crippen LogP contribution in [0.25, 0.3) is 0 Å². The second-order valence-electron chi connectivity index (χ2n) is 4.48. The van der Waals surface area contributed by atoms with Crippen LogP contribution in [0.5, 0.6) is 5.75 Å². The van der Waals surface area contributed by atoms with Crippen molar-refractivity contribution in [3.8, 4) is 5.75 Å². The van der Waals surface area contributed by atoms with Crippen LogP contribution >= 0.6 is 0 Å². The van der Waals surface area contributed by atoms with Gasteiger partial charge in [0.1, 0.15) is 11.7 Å². The van der Waals surface area contributed by atoms with E-state index in [1.165, 1.54) is 7.11 Å². The van der Waals surface area contributed by atoms with Crippen LogP contribution in [0.4, 0.5) is 10.5 Å². The molecule has 0 aromatic heterocycles. The van der Waals surface area contributed by atoms with E-state index in [4.69, 9.17) is 4.74 Å². The second-order valence-corrected chi connectivity index (χ2v) is 4.48. The molecule has 1 N–H and O–H groups in total. The monoisotopic (exact) mass is 276 g/mol. The number of hydrogen-bond donors (Lipinski definition) is 1. The van der Waals surface area contributed by atoms with Crippen LogP contribution in [-0.2, 0) is 9.59 Å². The van der Waals surface area contributed by atoms with E-state index in [1.807, 2.05) is 6.92 Å². The summed E-state index contributed by atoms with van der Waals surface area (Å²) >= 11 is 0. The molecule has 4 amide bonds. The summed E-state index contributed by atoms with van der Waals surface area (Å²) in [5, 5.41) is 2.22. The summed E-state index contributed by atoms with van der Waals surface area (Å²) in [5.41, 5.74) is 0.339. The lowest BCUT2D eigenvalue weighted by Crippen LogP contribution is -2.58. The highest BCUT2D eigenvalue weighted by atomic mass is 16.5.